The van der Waals surface area contributed by atoms with Crippen LogP contribution in [0.1, 0.15) is 19.5 Å². The topological polar surface area (TPSA) is 41.0 Å². The fourth-order valence-corrected chi connectivity index (χ4v) is 0.713. The smallest absolute Gasteiger partial charge is 0.0789 e. The highest BCUT2D eigenvalue weighted by molar-refractivity contribution is 5.97. The quantitative estimate of drug-likeness (QED) is 0.639. The van der Waals surface area contributed by atoms with E-state index in [0.29, 0.717) is 0 Å². The second-order valence-electron chi connectivity index (χ2n) is 2.17. The van der Waals surface area contributed by atoms with Crippen LogP contribution in [0.15, 0.2) is 29.5 Å². The van der Waals surface area contributed by atoms with Gasteiger partial charge in [0.1, 0.15) is 0 Å². The second-order valence-corrected chi connectivity index (χ2v) is 2.17. The molecule has 11 heavy (non-hydrogen) atoms. The van der Waals surface area contributed by atoms with Crippen LogP contribution in [-0.4, -0.2) is 15.9 Å². The zero-order chi connectivity index (χ0) is 8.10. The van der Waals surface area contributed by atoms with Gasteiger partial charge in [0, 0.05) is 12.4 Å². The zero-order valence-corrected chi connectivity index (χ0v) is 6.70. The molecule has 1 aromatic rings. The lowest BCUT2D eigenvalue weighted by Gasteiger charge is -1.90. The highest BCUT2D eigenvalue weighted by Crippen LogP contribution is 1.94. The molecule has 0 amide bonds. The van der Waals surface area contributed by atoms with E-state index in [1.165, 1.54) is 0 Å². The lowest BCUT2D eigenvalue weighted by Crippen LogP contribution is -1.93. The summed E-state index contributed by atoms with van der Waals surface area (Å²) in [7, 11) is 0. The summed E-state index contributed by atoms with van der Waals surface area (Å²) >= 11 is 0. The molecule has 0 spiro atoms. The number of hydrogen-bond acceptors (Lipinski definition) is 2. The van der Waals surface area contributed by atoms with E-state index < -0.39 is 0 Å². The summed E-state index contributed by atoms with van der Waals surface area (Å²) in [6.45, 7) is 3.87. The van der Waals surface area contributed by atoms with E-state index in [-0.39, 0.29) is 0 Å². The maximum Gasteiger partial charge on any atom is 0.0789 e. The minimum absolute atomic E-state index is 0.945. The molecule has 0 aliphatic heterocycles. The number of rotatable bonds is 2. The van der Waals surface area contributed by atoms with Gasteiger partial charge in [-0.15, -0.1) is 0 Å². The molecule has 1 heterocycles. The Morgan fingerprint density at radius 2 is 2.55 bits per heavy atom. The number of nitrogens with zero attached hydrogens (tertiary/aromatic N) is 2. The lowest BCUT2D eigenvalue weighted by molar-refractivity contribution is 1.08. The number of aromatic amines is 1. The van der Waals surface area contributed by atoms with Crippen LogP contribution in [0.2, 0.25) is 0 Å². The highest BCUT2D eigenvalue weighted by Gasteiger charge is 1.94. The summed E-state index contributed by atoms with van der Waals surface area (Å²) in [4.78, 5) is 4.15. The first kappa shape index (κ1) is 7.72. The van der Waals surface area contributed by atoms with Crippen LogP contribution in [-0.2, 0) is 0 Å². The van der Waals surface area contributed by atoms with E-state index in [1.54, 1.807) is 12.4 Å². The van der Waals surface area contributed by atoms with Crippen LogP contribution in [0.3, 0.4) is 0 Å². The third-order valence-electron chi connectivity index (χ3n) is 1.31. The van der Waals surface area contributed by atoms with Crippen molar-refractivity contribution >= 4 is 5.71 Å². The molecule has 0 atom stereocenters. The van der Waals surface area contributed by atoms with E-state index in [9.17, 15) is 0 Å². The molecule has 0 radical (unpaired) electrons. The normalized spacial score (nSPS) is 12.7. The highest BCUT2D eigenvalue weighted by atomic mass is 15.1. The van der Waals surface area contributed by atoms with Crippen molar-refractivity contribution < 1.29 is 0 Å². The van der Waals surface area contributed by atoms with Gasteiger partial charge in [0.05, 0.1) is 11.4 Å². The van der Waals surface area contributed by atoms with Gasteiger partial charge in [0.15, 0.2) is 0 Å². The molecule has 3 nitrogen and oxygen atoms in total. The first-order valence-electron chi connectivity index (χ1n) is 3.50. The van der Waals surface area contributed by atoms with E-state index in [4.69, 9.17) is 0 Å². The first-order valence-corrected chi connectivity index (χ1v) is 3.50. The minimum atomic E-state index is 0.945. The Labute approximate surface area is 65.9 Å². The molecule has 1 aromatic heterocycles. The lowest BCUT2D eigenvalue weighted by atomic mass is 10.3. The molecule has 58 valence electrons. The molecule has 0 aliphatic carbocycles. The van der Waals surface area contributed by atoms with Crippen LogP contribution >= 0.6 is 0 Å². The van der Waals surface area contributed by atoms with Crippen LogP contribution in [0.25, 0.3) is 0 Å². The van der Waals surface area contributed by atoms with E-state index in [0.717, 1.165) is 11.4 Å². The summed E-state index contributed by atoms with van der Waals surface area (Å²) in [6, 6.07) is 1.89. The van der Waals surface area contributed by atoms with Gasteiger partial charge < -0.3 is 0 Å². The molecular weight excluding hydrogens is 138 g/mol. The average Bonchev–Trinajstić information content (AvgIpc) is 2.52. The Morgan fingerprint density at radius 1 is 1.73 bits per heavy atom. The van der Waals surface area contributed by atoms with Gasteiger partial charge in [0.25, 0.3) is 0 Å². The van der Waals surface area contributed by atoms with Gasteiger partial charge in [-0.1, -0.05) is 6.08 Å². The number of allylic oxidation sites excluding steroid dienone is 1. The summed E-state index contributed by atoms with van der Waals surface area (Å²) in [5, 5.41) is 6.65. The standard InChI is InChI=1S/C8H11N3/c1-3-5-9-7(2)8-4-6-10-11-8/h3-6H,1-2H3,(H,10,11)/b5-3-,9-7+. The van der Waals surface area contributed by atoms with Crippen molar-refractivity contribution in [2.24, 2.45) is 4.99 Å². The summed E-state index contributed by atoms with van der Waals surface area (Å²) < 4.78 is 0. The van der Waals surface area contributed by atoms with Crippen molar-refractivity contribution in [1.29, 1.82) is 0 Å². The number of aromatic nitrogens is 2. The largest absolute Gasteiger partial charge is 0.277 e. The van der Waals surface area contributed by atoms with Crippen molar-refractivity contribution in [1.82, 2.24) is 10.2 Å². The molecule has 0 bridgehead atoms. The number of aliphatic imine (C=N–C) groups is 1. The predicted molar refractivity (Wildman–Crippen MR) is 45.6 cm³/mol. The third-order valence-corrected chi connectivity index (χ3v) is 1.31. The molecule has 1 rings (SSSR count). The van der Waals surface area contributed by atoms with Crippen LogP contribution in [0.5, 0.6) is 0 Å². The first-order chi connectivity index (χ1) is 5.34. The average molecular weight is 149 g/mol. The van der Waals surface area contributed by atoms with E-state index in [2.05, 4.69) is 15.2 Å². The van der Waals surface area contributed by atoms with Crippen molar-refractivity contribution in [2.45, 2.75) is 13.8 Å². The fraction of sp³-hybridized carbons (Fsp3) is 0.250. The van der Waals surface area contributed by atoms with Crippen molar-refractivity contribution in [2.75, 3.05) is 0 Å². The Morgan fingerprint density at radius 3 is 3.09 bits per heavy atom. The fourth-order valence-electron chi connectivity index (χ4n) is 0.713. The van der Waals surface area contributed by atoms with Crippen molar-refractivity contribution in [3.8, 4) is 0 Å². The number of H-pyrrole nitrogens is 1. The third kappa shape index (κ3) is 2.04. The van der Waals surface area contributed by atoms with Crippen LogP contribution < -0.4 is 0 Å². The summed E-state index contributed by atoms with van der Waals surface area (Å²) in [6.07, 6.45) is 5.36. The Hall–Kier alpha value is -1.38. The molecule has 1 N–H and O–H groups in total. The Bertz CT molecular complexity index is 257. The van der Waals surface area contributed by atoms with Gasteiger partial charge >= 0.3 is 0 Å². The molecule has 0 unspecified atom stereocenters. The van der Waals surface area contributed by atoms with Crippen LogP contribution in [0.4, 0.5) is 0 Å². The summed E-state index contributed by atoms with van der Waals surface area (Å²) in [5.41, 5.74) is 1.91. The minimum Gasteiger partial charge on any atom is -0.277 e. The molecule has 0 aliphatic rings. The maximum absolute atomic E-state index is 4.15. The predicted octanol–water partition coefficient (Wildman–Crippen LogP) is 1.75. The molecular formula is C8H11N3. The monoisotopic (exact) mass is 149 g/mol. The maximum atomic E-state index is 4.15. The molecule has 0 saturated carbocycles. The summed E-state index contributed by atoms with van der Waals surface area (Å²) in [5.74, 6) is 0. The van der Waals surface area contributed by atoms with Gasteiger partial charge in [-0.25, -0.2) is 0 Å². The molecule has 0 aromatic carbocycles. The van der Waals surface area contributed by atoms with E-state index >= 15 is 0 Å². The molecule has 0 saturated heterocycles. The Balaban J connectivity index is 2.77. The van der Waals surface area contributed by atoms with Gasteiger partial charge in [0.2, 0.25) is 0 Å². The van der Waals surface area contributed by atoms with Crippen molar-refractivity contribution in [3.63, 3.8) is 0 Å². The number of hydrogen-bond donors (Lipinski definition) is 1. The second kappa shape index (κ2) is 3.71. The zero-order valence-electron chi connectivity index (χ0n) is 6.70. The SMILES string of the molecule is C/C=C\N=C(/C)c1ccn[nH]1. The van der Waals surface area contributed by atoms with Gasteiger partial charge in [-0.05, 0) is 19.9 Å². The number of nitrogens with one attached hydrogen (secondary N) is 1. The molecule has 0 fully saturated rings. The molecule has 3 heteroatoms. The van der Waals surface area contributed by atoms with E-state index in [1.807, 2.05) is 26.0 Å². The Kier molecular flexibility index (Phi) is 2.60. The van der Waals surface area contributed by atoms with Crippen LogP contribution in [0, 0.1) is 0 Å². The van der Waals surface area contributed by atoms with Gasteiger partial charge in [-0.3, -0.25) is 10.1 Å². The van der Waals surface area contributed by atoms with Crippen molar-refractivity contribution in [3.05, 3.63) is 30.2 Å². The van der Waals surface area contributed by atoms with Gasteiger partial charge in [-0.2, -0.15) is 5.10 Å².